The van der Waals surface area contributed by atoms with Gasteiger partial charge >= 0.3 is 0 Å². The number of aryl methyl sites for hydroxylation is 1. The number of nitrogens with zero attached hydrogens (tertiary/aromatic N) is 2. The molecule has 0 saturated heterocycles. The van der Waals surface area contributed by atoms with Gasteiger partial charge in [0.05, 0.1) is 0 Å². The van der Waals surface area contributed by atoms with Crippen molar-refractivity contribution in [2.45, 2.75) is 38.9 Å². The van der Waals surface area contributed by atoms with Crippen molar-refractivity contribution >= 4 is 17.0 Å². The van der Waals surface area contributed by atoms with Crippen molar-refractivity contribution < 1.29 is 0 Å². The molecule has 1 aliphatic carbocycles. The summed E-state index contributed by atoms with van der Waals surface area (Å²) < 4.78 is 0. The van der Waals surface area contributed by atoms with Gasteiger partial charge in [0, 0.05) is 49.3 Å². The Kier molecular flexibility index (Phi) is 4.03. The zero-order valence-electron chi connectivity index (χ0n) is 12.1. The van der Waals surface area contributed by atoms with Gasteiger partial charge in [0.15, 0.2) is 0 Å². The zero-order valence-corrected chi connectivity index (χ0v) is 12.9. The molecule has 2 aromatic rings. The van der Waals surface area contributed by atoms with Crippen LogP contribution in [0.25, 0.3) is 0 Å². The molecule has 0 atom stereocenters. The third-order valence-corrected chi connectivity index (χ3v) is 4.40. The number of nitrogens with one attached hydrogen (secondary N) is 1. The van der Waals surface area contributed by atoms with E-state index < -0.39 is 0 Å². The number of thiophene rings is 1. The second-order valence-electron chi connectivity index (χ2n) is 5.60. The molecule has 1 fully saturated rings. The summed E-state index contributed by atoms with van der Waals surface area (Å²) in [5, 5.41) is 7.93. The van der Waals surface area contributed by atoms with Gasteiger partial charge in [-0.1, -0.05) is 0 Å². The van der Waals surface area contributed by atoms with Crippen molar-refractivity contribution in [3.8, 4) is 0 Å². The Morgan fingerprint density at radius 1 is 1.45 bits per heavy atom. The lowest BCUT2D eigenvalue weighted by atomic mass is 10.1. The molecule has 0 aliphatic heterocycles. The van der Waals surface area contributed by atoms with Gasteiger partial charge in [0.2, 0.25) is 0 Å². The molecule has 106 valence electrons. The summed E-state index contributed by atoms with van der Waals surface area (Å²) in [5.74, 6) is 0. The summed E-state index contributed by atoms with van der Waals surface area (Å²) in [6.07, 6.45) is 4.66. The number of hydrogen-bond donors (Lipinski definition) is 1. The van der Waals surface area contributed by atoms with Crippen LogP contribution in [0.5, 0.6) is 0 Å². The predicted molar refractivity (Wildman–Crippen MR) is 85.3 cm³/mol. The highest BCUT2D eigenvalue weighted by molar-refractivity contribution is 7.07. The fraction of sp³-hybridized carbons (Fsp3) is 0.438. The zero-order chi connectivity index (χ0) is 13.9. The van der Waals surface area contributed by atoms with E-state index in [0.717, 1.165) is 24.8 Å². The van der Waals surface area contributed by atoms with E-state index >= 15 is 0 Å². The van der Waals surface area contributed by atoms with Gasteiger partial charge in [0.1, 0.15) is 0 Å². The van der Waals surface area contributed by atoms with Gasteiger partial charge in [-0.05, 0) is 48.2 Å². The first-order valence-corrected chi connectivity index (χ1v) is 8.08. The van der Waals surface area contributed by atoms with E-state index in [1.165, 1.54) is 29.7 Å². The molecule has 2 aromatic heterocycles. The van der Waals surface area contributed by atoms with Crippen molar-refractivity contribution in [1.82, 2.24) is 10.3 Å². The largest absolute Gasteiger partial charge is 0.370 e. The monoisotopic (exact) mass is 287 g/mol. The van der Waals surface area contributed by atoms with Crippen LogP contribution < -0.4 is 10.2 Å². The molecule has 1 aliphatic rings. The first-order valence-electron chi connectivity index (χ1n) is 7.13. The molecule has 0 unspecified atom stereocenters. The van der Waals surface area contributed by atoms with Crippen LogP contribution in [-0.4, -0.2) is 18.1 Å². The normalized spacial score (nSPS) is 14.5. The van der Waals surface area contributed by atoms with Gasteiger partial charge in [-0.3, -0.25) is 4.98 Å². The van der Waals surface area contributed by atoms with E-state index in [-0.39, 0.29) is 0 Å². The van der Waals surface area contributed by atoms with Crippen molar-refractivity contribution in [2.24, 2.45) is 0 Å². The molecular formula is C16H21N3S. The molecule has 20 heavy (non-hydrogen) atoms. The highest BCUT2D eigenvalue weighted by atomic mass is 32.1. The maximum Gasteiger partial charge on any atom is 0.0445 e. The minimum absolute atomic E-state index is 0.728. The molecular weight excluding hydrogens is 266 g/mol. The summed E-state index contributed by atoms with van der Waals surface area (Å²) in [4.78, 5) is 6.77. The van der Waals surface area contributed by atoms with E-state index in [9.17, 15) is 0 Å². The summed E-state index contributed by atoms with van der Waals surface area (Å²) in [6.45, 7) is 3.92. The summed E-state index contributed by atoms with van der Waals surface area (Å²) in [5.41, 5.74) is 5.03. The fourth-order valence-electron chi connectivity index (χ4n) is 2.35. The Balaban J connectivity index is 1.76. The van der Waals surface area contributed by atoms with Crippen LogP contribution >= 0.6 is 11.3 Å². The van der Waals surface area contributed by atoms with E-state index in [0.29, 0.717) is 0 Å². The van der Waals surface area contributed by atoms with Crippen LogP contribution in [0.15, 0.2) is 29.1 Å². The Hall–Kier alpha value is -1.39. The minimum atomic E-state index is 0.728. The maximum atomic E-state index is 4.45. The van der Waals surface area contributed by atoms with Crippen LogP contribution in [-0.2, 0) is 13.1 Å². The van der Waals surface area contributed by atoms with Crippen molar-refractivity contribution in [3.05, 3.63) is 45.9 Å². The first-order chi connectivity index (χ1) is 9.72. The summed E-state index contributed by atoms with van der Waals surface area (Å²) >= 11 is 1.76. The van der Waals surface area contributed by atoms with Crippen LogP contribution in [0, 0.1) is 6.92 Å². The second kappa shape index (κ2) is 5.94. The average Bonchev–Trinajstić information content (AvgIpc) is 3.13. The van der Waals surface area contributed by atoms with Crippen molar-refractivity contribution in [3.63, 3.8) is 0 Å². The van der Waals surface area contributed by atoms with Crippen LogP contribution in [0.4, 0.5) is 5.69 Å². The maximum absolute atomic E-state index is 4.45. The van der Waals surface area contributed by atoms with E-state index in [4.69, 9.17) is 0 Å². The molecule has 3 nitrogen and oxygen atoms in total. The van der Waals surface area contributed by atoms with Gasteiger partial charge in [0.25, 0.3) is 0 Å². The topological polar surface area (TPSA) is 28.2 Å². The number of anilines is 1. The van der Waals surface area contributed by atoms with Crippen LogP contribution in [0.1, 0.15) is 29.7 Å². The Morgan fingerprint density at radius 3 is 3.00 bits per heavy atom. The average molecular weight is 287 g/mol. The number of aromatic nitrogens is 1. The lowest BCUT2D eigenvalue weighted by Gasteiger charge is -2.22. The Morgan fingerprint density at radius 2 is 2.30 bits per heavy atom. The molecule has 0 bridgehead atoms. The molecule has 4 heteroatoms. The SMILES string of the molecule is Cc1cc(N(C)Cc2ccsc2)c(CNC2CC2)cn1. The third-order valence-electron chi connectivity index (χ3n) is 3.67. The van der Waals surface area contributed by atoms with E-state index in [1.807, 2.05) is 6.20 Å². The molecule has 0 aromatic carbocycles. The van der Waals surface area contributed by atoms with Crippen LogP contribution in [0.3, 0.4) is 0 Å². The Labute approximate surface area is 124 Å². The third kappa shape index (κ3) is 3.38. The highest BCUT2D eigenvalue weighted by Gasteiger charge is 2.21. The highest BCUT2D eigenvalue weighted by Crippen LogP contribution is 2.24. The molecule has 0 radical (unpaired) electrons. The lowest BCUT2D eigenvalue weighted by Crippen LogP contribution is -2.22. The van der Waals surface area contributed by atoms with Gasteiger partial charge in [-0.15, -0.1) is 0 Å². The number of hydrogen-bond acceptors (Lipinski definition) is 4. The standard InChI is InChI=1S/C16H21N3S/c1-12-7-16(19(2)10-13-5-6-20-11-13)14(8-17-12)9-18-15-3-4-15/h5-8,11,15,18H,3-4,9-10H2,1-2H3. The van der Waals surface area contributed by atoms with E-state index in [1.54, 1.807) is 11.3 Å². The molecule has 2 heterocycles. The van der Waals surface area contributed by atoms with Gasteiger partial charge < -0.3 is 10.2 Å². The fourth-order valence-corrected chi connectivity index (χ4v) is 3.01. The Bertz CT molecular complexity index is 561. The molecule has 1 saturated carbocycles. The van der Waals surface area contributed by atoms with Crippen molar-refractivity contribution in [1.29, 1.82) is 0 Å². The quantitative estimate of drug-likeness (QED) is 0.883. The molecule has 0 spiro atoms. The predicted octanol–water partition coefficient (Wildman–Crippen LogP) is 3.34. The first kappa shape index (κ1) is 13.6. The molecule has 3 rings (SSSR count). The van der Waals surface area contributed by atoms with Gasteiger partial charge in [-0.25, -0.2) is 0 Å². The van der Waals surface area contributed by atoms with E-state index in [2.05, 4.69) is 52.1 Å². The van der Waals surface area contributed by atoms with Crippen molar-refractivity contribution in [2.75, 3.05) is 11.9 Å². The number of rotatable bonds is 6. The summed E-state index contributed by atoms with van der Waals surface area (Å²) in [6, 6.07) is 5.11. The second-order valence-corrected chi connectivity index (χ2v) is 6.38. The van der Waals surface area contributed by atoms with Crippen LogP contribution in [0.2, 0.25) is 0 Å². The minimum Gasteiger partial charge on any atom is -0.370 e. The number of pyridine rings is 1. The summed E-state index contributed by atoms with van der Waals surface area (Å²) in [7, 11) is 2.16. The molecule has 1 N–H and O–H groups in total. The molecule has 0 amide bonds. The smallest absolute Gasteiger partial charge is 0.0445 e. The van der Waals surface area contributed by atoms with Gasteiger partial charge in [-0.2, -0.15) is 11.3 Å². The lowest BCUT2D eigenvalue weighted by molar-refractivity contribution is 0.683.